The minimum atomic E-state index is -0.00379. The van der Waals surface area contributed by atoms with E-state index in [0.29, 0.717) is 17.6 Å². The maximum Gasteiger partial charge on any atom is 0.234 e. The number of anilines is 1. The molecule has 1 aromatic heterocycles. The van der Waals surface area contributed by atoms with Gasteiger partial charge in [0.2, 0.25) is 5.91 Å². The molecule has 2 aromatic rings. The Morgan fingerprint density at radius 1 is 1.12 bits per heavy atom. The Kier molecular flexibility index (Phi) is 7.13. The minimum absolute atomic E-state index is 0.00379. The highest BCUT2D eigenvalue weighted by Crippen LogP contribution is 2.33. The molecule has 0 unspecified atom stereocenters. The van der Waals surface area contributed by atoms with Crippen LogP contribution < -0.4 is 5.32 Å². The monoisotopic (exact) mass is 381 g/mol. The molecule has 2 rings (SSSR count). The van der Waals surface area contributed by atoms with Crippen LogP contribution in [-0.4, -0.2) is 28.1 Å². The maximum absolute atomic E-state index is 12.4. The first-order valence-electron chi connectivity index (χ1n) is 7.85. The largest absolute Gasteiger partial charge is 0.325 e. The Bertz CT molecular complexity index is 672. The number of thioether (sulfide) groups is 2. The predicted molar refractivity (Wildman–Crippen MR) is 106 cm³/mol. The summed E-state index contributed by atoms with van der Waals surface area (Å²) in [5, 5.41) is 11.3. The van der Waals surface area contributed by atoms with E-state index in [0.717, 1.165) is 14.4 Å². The first-order valence-corrected chi connectivity index (χ1v) is 10.9. The van der Waals surface area contributed by atoms with Crippen LogP contribution in [0.25, 0.3) is 0 Å². The molecule has 0 aliphatic rings. The van der Waals surface area contributed by atoms with Gasteiger partial charge in [-0.2, -0.15) is 0 Å². The van der Waals surface area contributed by atoms with E-state index in [4.69, 9.17) is 0 Å². The van der Waals surface area contributed by atoms with E-state index in [1.807, 2.05) is 6.26 Å². The second-order valence-electron chi connectivity index (χ2n) is 6.00. The number of carbonyl (C=O) groups excluding carboxylic acids is 1. The molecule has 0 aliphatic heterocycles. The Hall–Kier alpha value is -1.05. The molecule has 0 saturated heterocycles. The summed E-state index contributed by atoms with van der Waals surface area (Å²) in [6.07, 6.45) is 1.97. The van der Waals surface area contributed by atoms with Crippen molar-refractivity contribution in [3.8, 4) is 0 Å². The van der Waals surface area contributed by atoms with Gasteiger partial charge in [0.1, 0.15) is 0 Å². The highest BCUT2D eigenvalue weighted by molar-refractivity contribution is 8.03. The van der Waals surface area contributed by atoms with Crippen LogP contribution in [0.4, 0.5) is 5.69 Å². The minimum Gasteiger partial charge on any atom is -0.325 e. The zero-order valence-electron chi connectivity index (χ0n) is 14.6. The number of nitrogens with one attached hydrogen (secondary N) is 1. The molecule has 0 aliphatic carbocycles. The summed E-state index contributed by atoms with van der Waals surface area (Å²) >= 11 is 4.52. The van der Waals surface area contributed by atoms with E-state index >= 15 is 0 Å². The van der Waals surface area contributed by atoms with Gasteiger partial charge in [-0.05, 0) is 29.2 Å². The fourth-order valence-electron chi connectivity index (χ4n) is 2.34. The first-order chi connectivity index (χ1) is 11.4. The fraction of sp³-hybridized carbons (Fsp3) is 0.471. The van der Waals surface area contributed by atoms with E-state index in [1.54, 1.807) is 11.8 Å². The lowest BCUT2D eigenvalue weighted by Crippen LogP contribution is -2.17. The van der Waals surface area contributed by atoms with Crippen LogP contribution >= 0.6 is 34.9 Å². The normalized spacial score (nSPS) is 11.3. The second kappa shape index (κ2) is 8.87. The Morgan fingerprint density at radius 3 is 2.21 bits per heavy atom. The Balaban J connectivity index is 2.10. The molecule has 1 amide bonds. The lowest BCUT2D eigenvalue weighted by Gasteiger charge is -2.20. The van der Waals surface area contributed by atoms with Crippen LogP contribution in [0, 0.1) is 0 Å². The highest BCUT2D eigenvalue weighted by Gasteiger charge is 2.16. The number of amides is 1. The number of carbonyl (C=O) groups is 1. The van der Waals surface area contributed by atoms with Crippen molar-refractivity contribution in [1.29, 1.82) is 0 Å². The van der Waals surface area contributed by atoms with Crippen LogP contribution in [0.5, 0.6) is 0 Å². The number of nitrogens with zero attached hydrogens (tertiary/aromatic N) is 2. The van der Waals surface area contributed by atoms with Crippen molar-refractivity contribution in [3.05, 3.63) is 29.3 Å². The van der Waals surface area contributed by atoms with Crippen molar-refractivity contribution in [1.82, 2.24) is 10.2 Å². The molecule has 7 heteroatoms. The van der Waals surface area contributed by atoms with Crippen molar-refractivity contribution in [2.45, 2.75) is 48.2 Å². The van der Waals surface area contributed by atoms with E-state index < -0.39 is 0 Å². The summed E-state index contributed by atoms with van der Waals surface area (Å²) in [6, 6.07) is 6.25. The van der Waals surface area contributed by atoms with Crippen molar-refractivity contribution < 1.29 is 4.79 Å². The Morgan fingerprint density at radius 2 is 1.71 bits per heavy atom. The van der Waals surface area contributed by atoms with Gasteiger partial charge < -0.3 is 5.32 Å². The molecule has 0 spiro atoms. The molecule has 0 fully saturated rings. The molecule has 130 valence electrons. The van der Waals surface area contributed by atoms with Gasteiger partial charge >= 0.3 is 0 Å². The van der Waals surface area contributed by atoms with E-state index in [-0.39, 0.29) is 5.91 Å². The zero-order chi connectivity index (χ0) is 17.7. The summed E-state index contributed by atoms with van der Waals surface area (Å²) < 4.78 is 1.75. The van der Waals surface area contributed by atoms with Gasteiger partial charge in [0.25, 0.3) is 0 Å². The lowest BCUT2D eigenvalue weighted by atomic mass is 9.92. The number of rotatable bonds is 7. The summed E-state index contributed by atoms with van der Waals surface area (Å²) in [4.78, 5) is 12.4. The molecular formula is C17H23N3OS3. The molecule has 0 radical (unpaired) electrons. The van der Waals surface area contributed by atoms with Crippen LogP contribution in [0.1, 0.15) is 50.7 Å². The SMILES string of the molecule is CSc1nnc(SCC(=O)Nc2c(C(C)C)cccc2C(C)C)s1. The third-order valence-corrected chi connectivity index (χ3v) is 6.56. The molecule has 4 nitrogen and oxygen atoms in total. The average molecular weight is 382 g/mol. The number of aromatic nitrogens is 2. The molecule has 0 bridgehead atoms. The maximum atomic E-state index is 12.4. The molecule has 0 atom stereocenters. The van der Waals surface area contributed by atoms with Crippen LogP contribution in [-0.2, 0) is 4.79 Å². The standard InChI is InChI=1S/C17H23N3OS3/c1-10(2)12-7-6-8-13(11(3)4)15(12)18-14(21)9-23-17-20-19-16(22-5)24-17/h6-8,10-11H,9H2,1-5H3,(H,18,21). The van der Waals surface area contributed by atoms with Gasteiger partial charge in [-0.25, -0.2) is 0 Å². The highest BCUT2D eigenvalue weighted by atomic mass is 32.2. The number of benzene rings is 1. The number of hydrogen-bond donors (Lipinski definition) is 1. The second-order valence-corrected chi connectivity index (χ2v) is 9.25. The molecule has 1 aromatic carbocycles. The third kappa shape index (κ3) is 4.97. The number of para-hydroxylation sites is 1. The predicted octanol–water partition coefficient (Wildman–Crippen LogP) is 5.24. The van der Waals surface area contributed by atoms with Crippen molar-refractivity contribution in [3.63, 3.8) is 0 Å². The first kappa shape index (κ1) is 19.3. The lowest BCUT2D eigenvalue weighted by molar-refractivity contribution is -0.113. The van der Waals surface area contributed by atoms with Crippen LogP contribution in [0.3, 0.4) is 0 Å². The van der Waals surface area contributed by atoms with E-state index in [1.165, 1.54) is 34.2 Å². The Labute approximate surface area is 156 Å². The molecule has 24 heavy (non-hydrogen) atoms. The molecule has 0 saturated carbocycles. The summed E-state index contributed by atoms with van der Waals surface area (Å²) in [6.45, 7) is 8.59. The van der Waals surface area contributed by atoms with Crippen molar-refractivity contribution in [2.75, 3.05) is 17.3 Å². The summed E-state index contributed by atoms with van der Waals surface area (Å²) in [5.41, 5.74) is 3.33. The number of hydrogen-bond acceptors (Lipinski definition) is 6. The van der Waals surface area contributed by atoms with Crippen molar-refractivity contribution >= 4 is 46.5 Å². The molecular weight excluding hydrogens is 358 g/mol. The smallest absolute Gasteiger partial charge is 0.234 e. The van der Waals surface area contributed by atoms with Gasteiger partial charge in [-0.1, -0.05) is 80.8 Å². The van der Waals surface area contributed by atoms with Crippen molar-refractivity contribution in [2.24, 2.45) is 0 Å². The van der Waals surface area contributed by atoms with E-state index in [2.05, 4.69) is 61.4 Å². The van der Waals surface area contributed by atoms with Crippen LogP contribution in [0.15, 0.2) is 26.9 Å². The van der Waals surface area contributed by atoms with E-state index in [9.17, 15) is 4.79 Å². The van der Waals surface area contributed by atoms with Gasteiger partial charge in [0, 0.05) is 5.69 Å². The summed E-state index contributed by atoms with van der Waals surface area (Å²) in [7, 11) is 0. The summed E-state index contributed by atoms with van der Waals surface area (Å²) in [5.74, 6) is 1.06. The third-order valence-electron chi connectivity index (χ3n) is 3.53. The van der Waals surface area contributed by atoms with Gasteiger partial charge in [0.15, 0.2) is 8.68 Å². The average Bonchev–Trinajstić information content (AvgIpc) is 3.00. The topological polar surface area (TPSA) is 54.9 Å². The van der Waals surface area contributed by atoms with Crippen LogP contribution in [0.2, 0.25) is 0 Å². The fourth-order valence-corrected chi connectivity index (χ4v) is 4.57. The van der Waals surface area contributed by atoms with Gasteiger partial charge in [-0.15, -0.1) is 10.2 Å². The zero-order valence-corrected chi connectivity index (χ0v) is 17.1. The molecule has 1 heterocycles. The van der Waals surface area contributed by atoms with Gasteiger partial charge in [0.05, 0.1) is 5.75 Å². The van der Waals surface area contributed by atoms with Gasteiger partial charge in [-0.3, -0.25) is 4.79 Å². The molecule has 1 N–H and O–H groups in total. The quantitative estimate of drug-likeness (QED) is 0.665.